The van der Waals surface area contributed by atoms with Gasteiger partial charge in [0, 0.05) is 17.9 Å². The number of nitrogens with one attached hydrogen (secondary N) is 1. The van der Waals surface area contributed by atoms with Crippen LogP contribution in [-0.2, 0) is 10.3 Å². The van der Waals surface area contributed by atoms with Crippen molar-refractivity contribution in [3.05, 3.63) is 29.8 Å². The summed E-state index contributed by atoms with van der Waals surface area (Å²) < 4.78 is 0. The van der Waals surface area contributed by atoms with Gasteiger partial charge in [-0.1, -0.05) is 18.2 Å². The van der Waals surface area contributed by atoms with Crippen molar-refractivity contribution >= 4 is 17.7 Å². The smallest absolute Gasteiger partial charge is 0.221 e. The molecule has 1 aromatic rings. The molecule has 0 atom stereocenters. The molecule has 4 heteroatoms. The zero-order valence-corrected chi connectivity index (χ0v) is 12.7. The van der Waals surface area contributed by atoms with Crippen LogP contribution in [0.3, 0.4) is 0 Å². The van der Waals surface area contributed by atoms with Crippen molar-refractivity contribution in [2.75, 3.05) is 26.9 Å². The van der Waals surface area contributed by atoms with Crippen LogP contribution in [0, 0.1) is 0 Å². The molecule has 0 bridgehead atoms. The number of benzene rings is 1. The van der Waals surface area contributed by atoms with Gasteiger partial charge in [0.25, 0.3) is 0 Å². The highest BCUT2D eigenvalue weighted by atomic mass is 32.2. The summed E-state index contributed by atoms with van der Waals surface area (Å²) in [6, 6.07) is 8.39. The first kappa shape index (κ1) is 14.4. The summed E-state index contributed by atoms with van der Waals surface area (Å²) in [7, 11) is 3.98. The maximum atomic E-state index is 12.0. The molecule has 2 rings (SSSR count). The molecule has 0 unspecified atom stereocenters. The molecular formula is C15H22N2OS. The molecule has 104 valence electrons. The minimum atomic E-state index is -0.0942. The topological polar surface area (TPSA) is 32.3 Å². The van der Waals surface area contributed by atoms with Crippen molar-refractivity contribution in [1.29, 1.82) is 0 Å². The molecule has 0 aliphatic heterocycles. The van der Waals surface area contributed by atoms with Crippen molar-refractivity contribution in [1.82, 2.24) is 10.2 Å². The monoisotopic (exact) mass is 278 g/mol. The molecule has 1 saturated carbocycles. The molecule has 19 heavy (non-hydrogen) atoms. The maximum absolute atomic E-state index is 12.0. The Kier molecular flexibility index (Phi) is 4.53. The van der Waals surface area contributed by atoms with Gasteiger partial charge in [0.1, 0.15) is 0 Å². The first-order valence-corrected chi connectivity index (χ1v) is 7.89. The summed E-state index contributed by atoms with van der Waals surface area (Å²) in [5.74, 6) is 0.155. The summed E-state index contributed by atoms with van der Waals surface area (Å²) in [6.07, 6.45) is 4.76. The number of amides is 1. The highest BCUT2D eigenvalue weighted by Crippen LogP contribution is 2.48. The molecule has 0 radical (unpaired) electrons. The second-order valence-electron chi connectivity index (χ2n) is 5.38. The SMILES string of the molecule is CSc1ccccc1C1(NC(=O)CCN(C)C)CC1. The van der Waals surface area contributed by atoms with E-state index in [1.54, 1.807) is 11.8 Å². The zero-order valence-electron chi connectivity index (χ0n) is 11.9. The standard InChI is InChI=1S/C15H22N2OS/c1-17(2)11-8-14(18)16-15(9-10-15)12-6-4-5-7-13(12)19-3/h4-7H,8-11H2,1-3H3,(H,16,18). The van der Waals surface area contributed by atoms with Crippen LogP contribution in [0.2, 0.25) is 0 Å². The van der Waals surface area contributed by atoms with E-state index in [1.807, 2.05) is 19.0 Å². The fraction of sp³-hybridized carbons (Fsp3) is 0.533. The van der Waals surface area contributed by atoms with Gasteiger partial charge >= 0.3 is 0 Å². The van der Waals surface area contributed by atoms with Crippen LogP contribution in [0.4, 0.5) is 0 Å². The summed E-state index contributed by atoms with van der Waals surface area (Å²) in [6.45, 7) is 0.798. The van der Waals surface area contributed by atoms with Crippen molar-refractivity contribution in [3.8, 4) is 0 Å². The molecule has 1 N–H and O–H groups in total. The largest absolute Gasteiger partial charge is 0.347 e. The molecule has 3 nitrogen and oxygen atoms in total. The fourth-order valence-corrected chi connectivity index (χ4v) is 2.98. The van der Waals surface area contributed by atoms with Gasteiger partial charge < -0.3 is 10.2 Å². The van der Waals surface area contributed by atoms with E-state index < -0.39 is 0 Å². The Hall–Kier alpha value is -1.00. The van der Waals surface area contributed by atoms with Crippen molar-refractivity contribution in [2.45, 2.75) is 29.7 Å². The number of carbonyl (C=O) groups excluding carboxylic acids is 1. The molecule has 1 fully saturated rings. The van der Waals surface area contributed by atoms with E-state index in [1.165, 1.54) is 10.5 Å². The number of carbonyl (C=O) groups is 1. The van der Waals surface area contributed by atoms with Gasteiger partial charge in [-0.15, -0.1) is 11.8 Å². The van der Waals surface area contributed by atoms with E-state index in [0.717, 1.165) is 19.4 Å². The number of nitrogens with zero attached hydrogens (tertiary/aromatic N) is 1. The van der Waals surface area contributed by atoms with E-state index in [2.05, 4.69) is 35.8 Å². The van der Waals surface area contributed by atoms with Gasteiger partial charge in [-0.25, -0.2) is 0 Å². The van der Waals surface area contributed by atoms with E-state index >= 15 is 0 Å². The highest BCUT2D eigenvalue weighted by Gasteiger charge is 2.46. The van der Waals surface area contributed by atoms with Crippen LogP contribution in [-0.4, -0.2) is 37.7 Å². The molecular weight excluding hydrogens is 256 g/mol. The maximum Gasteiger partial charge on any atom is 0.221 e. The van der Waals surface area contributed by atoms with Gasteiger partial charge in [0.05, 0.1) is 5.54 Å². The van der Waals surface area contributed by atoms with Crippen molar-refractivity contribution < 1.29 is 4.79 Å². The quantitative estimate of drug-likeness (QED) is 0.811. The Morgan fingerprint density at radius 3 is 2.63 bits per heavy atom. The first-order valence-electron chi connectivity index (χ1n) is 6.67. The third kappa shape index (κ3) is 3.51. The van der Waals surface area contributed by atoms with Crippen LogP contribution < -0.4 is 5.32 Å². The van der Waals surface area contributed by atoms with Gasteiger partial charge in [-0.2, -0.15) is 0 Å². The van der Waals surface area contributed by atoms with Crippen LogP contribution >= 0.6 is 11.8 Å². The van der Waals surface area contributed by atoms with Crippen molar-refractivity contribution in [3.63, 3.8) is 0 Å². The fourth-order valence-electron chi connectivity index (χ4n) is 2.28. The van der Waals surface area contributed by atoms with Crippen LogP contribution in [0.15, 0.2) is 29.2 Å². The average molecular weight is 278 g/mol. The number of thioether (sulfide) groups is 1. The van der Waals surface area contributed by atoms with Crippen molar-refractivity contribution in [2.24, 2.45) is 0 Å². The lowest BCUT2D eigenvalue weighted by Gasteiger charge is -2.21. The average Bonchev–Trinajstić information content (AvgIpc) is 3.17. The van der Waals surface area contributed by atoms with Crippen LogP contribution in [0.1, 0.15) is 24.8 Å². The minimum absolute atomic E-state index is 0.0942. The predicted molar refractivity (Wildman–Crippen MR) is 80.4 cm³/mol. The van der Waals surface area contributed by atoms with Gasteiger partial charge in [0.15, 0.2) is 0 Å². The van der Waals surface area contributed by atoms with E-state index in [0.29, 0.717) is 6.42 Å². The Labute approximate surface area is 119 Å². The predicted octanol–water partition coefficient (Wildman–Crippen LogP) is 2.47. The van der Waals surface area contributed by atoms with Gasteiger partial charge in [-0.05, 0) is 44.8 Å². The van der Waals surface area contributed by atoms with Gasteiger partial charge in [0.2, 0.25) is 5.91 Å². The zero-order chi connectivity index (χ0) is 13.9. The van der Waals surface area contributed by atoms with E-state index in [-0.39, 0.29) is 11.4 Å². The summed E-state index contributed by atoms with van der Waals surface area (Å²) in [4.78, 5) is 15.3. The lowest BCUT2D eigenvalue weighted by molar-refractivity contribution is -0.122. The molecule has 0 spiro atoms. The van der Waals surface area contributed by atoms with E-state index in [9.17, 15) is 4.79 Å². The van der Waals surface area contributed by atoms with Gasteiger partial charge in [-0.3, -0.25) is 4.79 Å². The number of hydrogen-bond acceptors (Lipinski definition) is 3. The molecule has 0 heterocycles. The Bertz CT molecular complexity index is 455. The third-order valence-electron chi connectivity index (χ3n) is 3.54. The van der Waals surface area contributed by atoms with E-state index in [4.69, 9.17) is 0 Å². The molecule has 1 amide bonds. The summed E-state index contributed by atoms with van der Waals surface area (Å²) in [5.41, 5.74) is 1.18. The molecule has 1 aliphatic rings. The normalized spacial score (nSPS) is 16.4. The molecule has 1 aromatic carbocycles. The van der Waals surface area contributed by atoms with Crippen LogP contribution in [0.5, 0.6) is 0 Å². The molecule has 0 saturated heterocycles. The summed E-state index contributed by atoms with van der Waals surface area (Å²) in [5, 5.41) is 3.23. The molecule has 0 aromatic heterocycles. The summed E-state index contributed by atoms with van der Waals surface area (Å²) >= 11 is 1.75. The third-order valence-corrected chi connectivity index (χ3v) is 4.33. The molecule has 1 aliphatic carbocycles. The van der Waals surface area contributed by atoms with Crippen LogP contribution in [0.25, 0.3) is 0 Å². The number of rotatable bonds is 6. The lowest BCUT2D eigenvalue weighted by Crippen LogP contribution is -2.36. The Morgan fingerprint density at radius 1 is 1.37 bits per heavy atom. The second-order valence-corrected chi connectivity index (χ2v) is 6.23. The first-order chi connectivity index (χ1) is 9.07. The minimum Gasteiger partial charge on any atom is -0.347 e. The Balaban J connectivity index is 2.05. The number of hydrogen-bond donors (Lipinski definition) is 1. The second kappa shape index (κ2) is 5.97. The Morgan fingerprint density at radius 2 is 2.05 bits per heavy atom. The highest BCUT2D eigenvalue weighted by molar-refractivity contribution is 7.98. The lowest BCUT2D eigenvalue weighted by atomic mass is 10.0.